The maximum Gasteiger partial charge on any atom is 0.128 e. The summed E-state index contributed by atoms with van der Waals surface area (Å²) < 4.78 is 11.3. The largest absolute Gasteiger partial charge is 0.490 e. The van der Waals surface area contributed by atoms with Gasteiger partial charge in [0.25, 0.3) is 0 Å². The van der Waals surface area contributed by atoms with Crippen molar-refractivity contribution >= 4 is 17.8 Å². The summed E-state index contributed by atoms with van der Waals surface area (Å²) in [6.07, 6.45) is 4.09. The zero-order chi connectivity index (χ0) is 14.3. The average Bonchev–Trinajstić information content (AvgIpc) is 3.08. The first kappa shape index (κ1) is 14.2. The molecule has 0 spiro atoms. The Morgan fingerprint density at radius 2 is 1.90 bits per heavy atom. The molecular formula is C18H18O2S. The summed E-state index contributed by atoms with van der Waals surface area (Å²) in [7, 11) is 0. The van der Waals surface area contributed by atoms with Gasteiger partial charge in [0.15, 0.2) is 0 Å². The highest BCUT2D eigenvalue weighted by Gasteiger charge is 2.17. The molecule has 0 bridgehead atoms. The predicted molar refractivity (Wildman–Crippen MR) is 88.6 cm³/mol. The molecule has 0 amide bonds. The molecule has 1 aliphatic heterocycles. The minimum atomic E-state index is 0.192. The molecule has 1 saturated heterocycles. The summed E-state index contributed by atoms with van der Waals surface area (Å²) in [5, 5.41) is 0. The van der Waals surface area contributed by atoms with Crippen LogP contribution in [0.5, 0.6) is 5.75 Å². The van der Waals surface area contributed by atoms with Crippen molar-refractivity contribution in [3.05, 3.63) is 71.8 Å². The van der Waals surface area contributed by atoms with Gasteiger partial charge < -0.3 is 9.47 Å². The van der Waals surface area contributed by atoms with Gasteiger partial charge in [-0.05, 0) is 29.3 Å². The lowest BCUT2D eigenvalue weighted by atomic mass is 10.2. The molecule has 2 aromatic rings. The van der Waals surface area contributed by atoms with Gasteiger partial charge in [-0.3, -0.25) is 0 Å². The standard InChI is InChI=1S/C18H18O2S/c1-2-5-15(6-3-1)7-4-12-19-17-10-8-16(9-11-17)18-20-13-14-21-18/h1-11,18H,12-14H2/b7-4+. The van der Waals surface area contributed by atoms with E-state index in [9.17, 15) is 0 Å². The highest BCUT2D eigenvalue weighted by Crippen LogP contribution is 2.35. The van der Waals surface area contributed by atoms with Crippen LogP contribution in [0.3, 0.4) is 0 Å². The molecule has 2 aromatic carbocycles. The van der Waals surface area contributed by atoms with Crippen LogP contribution in [0.1, 0.15) is 16.6 Å². The Morgan fingerprint density at radius 3 is 2.62 bits per heavy atom. The van der Waals surface area contributed by atoms with Gasteiger partial charge in [-0.2, -0.15) is 0 Å². The number of ether oxygens (including phenoxy) is 2. The van der Waals surface area contributed by atoms with Gasteiger partial charge in [0.1, 0.15) is 17.8 Å². The summed E-state index contributed by atoms with van der Waals surface area (Å²) >= 11 is 1.85. The van der Waals surface area contributed by atoms with Crippen LogP contribution in [-0.2, 0) is 4.74 Å². The Bertz CT molecular complexity index is 572. The van der Waals surface area contributed by atoms with Crippen molar-refractivity contribution in [1.29, 1.82) is 0 Å². The summed E-state index contributed by atoms with van der Waals surface area (Å²) in [6.45, 7) is 1.42. The van der Waals surface area contributed by atoms with Gasteiger partial charge in [-0.25, -0.2) is 0 Å². The molecule has 21 heavy (non-hydrogen) atoms. The zero-order valence-corrected chi connectivity index (χ0v) is 12.6. The molecule has 108 valence electrons. The van der Waals surface area contributed by atoms with Gasteiger partial charge >= 0.3 is 0 Å². The molecule has 1 fully saturated rings. The van der Waals surface area contributed by atoms with Crippen LogP contribution in [0.2, 0.25) is 0 Å². The molecule has 1 aliphatic rings. The van der Waals surface area contributed by atoms with Gasteiger partial charge in [0.2, 0.25) is 0 Å². The van der Waals surface area contributed by atoms with Crippen LogP contribution in [0.15, 0.2) is 60.7 Å². The highest BCUT2D eigenvalue weighted by atomic mass is 32.2. The van der Waals surface area contributed by atoms with E-state index in [4.69, 9.17) is 9.47 Å². The van der Waals surface area contributed by atoms with Crippen LogP contribution >= 0.6 is 11.8 Å². The van der Waals surface area contributed by atoms with E-state index < -0.39 is 0 Å². The van der Waals surface area contributed by atoms with Gasteiger partial charge in [-0.1, -0.05) is 48.5 Å². The Hall–Kier alpha value is -1.71. The molecule has 0 radical (unpaired) electrons. The van der Waals surface area contributed by atoms with Crippen molar-refractivity contribution in [3.63, 3.8) is 0 Å². The average molecular weight is 298 g/mol. The second-order valence-corrected chi connectivity index (χ2v) is 5.94. The Balaban J connectivity index is 1.50. The number of thioether (sulfide) groups is 1. The van der Waals surface area contributed by atoms with E-state index in [1.54, 1.807) is 0 Å². The molecule has 0 aliphatic carbocycles. The number of hydrogen-bond donors (Lipinski definition) is 0. The van der Waals surface area contributed by atoms with Crippen LogP contribution in [0.25, 0.3) is 6.08 Å². The molecule has 3 rings (SSSR count). The van der Waals surface area contributed by atoms with Gasteiger partial charge in [0, 0.05) is 5.75 Å². The molecule has 2 nitrogen and oxygen atoms in total. The normalized spacial score (nSPS) is 18.2. The van der Waals surface area contributed by atoms with E-state index in [0.717, 1.165) is 18.1 Å². The van der Waals surface area contributed by atoms with E-state index in [1.165, 1.54) is 11.1 Å². The first-order valence-electron chi connectivity index (χ1n) is 7.09. The number of benzene rings is 2. The van der Waals surface area contributed by atoms with Crippen molar-refractivity contribution in [1.82, 2.24) is 0 Å². The van der Waals surface area contributed by atoms with Crippen LogP contribution in [0, 0.1) is 0 Å². The van der Waals surface area contributed by atoms with E-state index in [-0.39, 0.29) is 5.44 Å². The summed E-state index contributed by atoms with van der Waals surface area (Å²) in [5.41, 5.74) is 2.59. The minimum Gasteiger partial charge on any atom is -0.490 e. The van der Waals surface area contributed by atoms with Crippen molar-refractivity contribution in [2.24, 2.45) is 0 Å². The van der Waals surface area contributed by atoms with Crippen LogP contribution < -0.4 is 4.74 Å². The smallest absolute Gasteiger partial charge is 0.128 e. The Kier molecular flexibility index (Phi) is 4.98. The maximum absolute atomic E-state index is 5.71. The monoisotopic (exact) mass is 298 g/mol. The van der Waals surface area contributed by atoms with Gasteiger partial charge in [0.05, 0.1) is 6.61 Å². The van der Waals surface area contributed by atoms with Crippen LogP contribution in [0.4, 0.5) is 0 Å². The predicted octanol–water partition coefficient (Wildman–Crippen LogP) is 4.54. The zero-order valence-electron chi connectivity index (χ0n) is 11.8. The molecule has 0 aromatic heterocycles. The lowest BCUT2D eigenvalue weighted by Gasteiger charge is -2.09. The molecule has 3 heteroatoms. The maximum atomic E-state index is 5.71. The second kappa shape index (κ2) is 7.34. The molecule has 1 atom stereocenters. The summed E-state index contributed by atoms with van der Waals surface area (Å²) in [4.78, 5) is 0. The van der Waals surface area contributed by atoms with Crippen molar-refractivity contribution < 1.29 is 9.47 Å². The third kappa shape index (κ3) is 4.13. The molecule has 0 saturated carbocycles. The van der Waals surface area contributed by atoms with E-state index in [1.807, 2.05) is 48.2 Å². The summed E-state index contributed by atoms with van der Waals surface area (Å²) in [5.74, 6) is 1.96. The number of rotatable bonds is 5. The molecule has 0 N–H and O–H groups in total. The Morgan fingerprint density at radius 1 is 1.10 bits per heavy atom. The lowest BCUT2D eigenvalue weighted by Crippen LogP contribution is -1.95. The molecule has 1 heterocycles. The fourth-order valence-electron chi connectivity index (χ4n) is 2.16. The van der Waals surface area contributed by atoms with Crippen LogP contribution in [-0.4, -0.2) is 19.0 Å². The summed E-state index contributed by atoms with van der Waals surface area (Å²) in [6, 6.07) is 18.4. The van der Waals surface area contributed by atoms with Crippen molar-refractivity contribution in [2.75, 3.05) is 19.0 Å². The third-order valence-corrected chi connectivity index (χ3v) is 4.34. The first-order chi connectivity index (χ1) is 10.4. The third-order valence-electron chi connectivity index (χ3n) is 3.23. The molecular weight excluding hydrogens is 280 g/mol. The van der Waals surface area contributed by atoms with Crippen molar-refractivity contribution in [2.45, 2.75) is 5.44 Å². The number of hydrogen-bond acceptors (Lipinski definition) is 3. The fourth-order valence-corrected chi connectivity index (χ4v) is 3.11. The minimum absolute atomic E-state index is 0.192. The quantitative estimate of drug-likeness (QED) is 0.807. The SMILES string of the molecule is C(=C\c1ccccc1)/COc1ccc(C2OCCS2)cc1. The lowest BCUT2D eigenvalue weighted by molar-refractivity contribution is 0.145. The molecule has 1 unspecified atom stereocenters. The first-order valence-corrected chi connectivity index (χ1v) is 8.14. The highest BCUT2D eigenvalue weighted by molar-refractivity contribution is 7.99. The van der Waals surface area contributed by atoms with Crippen molar-refractivity contribution in [3.8, 4) is 5.75 Å². The van der Waals surface area contributed by atoms with E-state index in [2.05, 4.69) is 30.3 Å². The van der Waals surface area contributed by atoms with E-state index in [0.29, 0.717) is 6.61 Å². The van der Waals surface area contributed by atoms with E-state index >= 15 is 0 Å². The van der Waals surface area contributed by atoms with Gasteiger partial charge in [-0.15, -0.1) is 11.8 Å². The topological polar surface area (TPSA) is 18.5 Å². The second-order valence-electron chi connectivity index (χ2n) is 4.77. The fraction of sp³-hybridized carbons (Fsp3) is 0.222. The Labute approximate surface area is 129 Å².